The maximum Gasteiger partial charge on any atom is 0.201 e. The smallest absolute Gasteiger partial charge is 0.201 e. The van der Waals surface area contributed by atoms with Crippen molar-refractivity contribution in [3.05, 3.63) is 79.1 Å². The van der Waals surface area contributed by atoms with Gasteiger partial charge in [-0.05, 0) is 24.3 Å². The summed E-state index contributed by atoms with van der Waals surface area (Å²) < 4.78 is 0. The molecule has 4 rings (SSSR count). The minimum Gasteiger partial charge on any atom is -0.254 e. The quantitative estimate of drug-likeness (QED) is 0.577. The molecule has 0 N–H and O–H groups in total. The Balaban J connectivity index is 1.92. The van der Waals surface area contributed by atoms with E-state index in [-0.39, 0.29) is 0 Å². The number of benzene rings is 1. The maximum absolute atomic E-state index is 4.71. The lowest BCUT2D eigenvalue weighted by Gasteiger charge is -2.08. The number of nitrogens with zero attached hydrogens (tertiary/aromatic N) is 5. The highest BCUT2D eigenvalue weighted by molar-refractivity contribution is 5.76. The van der Waals surface area contributed by atoms with E-state index in [1.807, 2.05) is 66.7 Å². The molecule has 5 nitrogen and oxygen atoms in total. The van der Waals surface area contributed by atoms with Crippen molar-refractivity contribution in [2.75, 3.05) is 0 Å². The first-order valence-electron chi connectivity index (χ1n) is 7.55. The molecule has 114 valence electrons. The topological polar surface area (TPSA) is 64.5 Å². The van der Waals surface area contributed by atoms with Crippen molar-refractivity contribution in [2.45, 2.75) is 0 Å². The molecule has 0 aliphatic rings. The summed E-state index contributed by atoms with van der Waals surface area (Å²) in [6.07, 6.45) is 3.45. The summed E-state index contributed by atoms with van der Waals surface area (Å²) in [7, 11) is 0. The van der Waals surface area contributed by atoms with Crippen LogP contribution < -0.4 is 0 Å². The van der Waals surface area contributed by atoms with Crippen LogP contribution in [-0.4, -0.2) is 25.1 Å². The molecule has 3 aromatic heterocycles. The van der Waals surface area contributed by atoms with Gasteiger partial charge in [0.1, 0.15) is 17.1 Å². The molecule has 24 heavy (non-hydrogen) atoms. The van der Waals surface area contributed by atoms with Crippen molar-refractivity contribution >= 4 is 0 Å². The van der Waals surface area contributed by atoms with Gasteiger partial charge in [0.25, 0.3) is 0 Å². The highest BCUT2D eigenvalue weighted by atomic mass is 15.2. The summed E-state index contributed by atoms with van der Waals surface area (Å²) in [4.78, 5) is 13.4. The van der Waals surface area contributed by atoms with Gasteiger partial charge in [-0.1, -0.05) is 42.5 Å². The highest BCUT2D eigenvalue weighted by Crippen LogP contribution is 2.28. The van der Waals surface area contributed by atoms with Crippen LogP contribution in [0.5, 0.6) is 0 Å². The van der Waals surface area contributed by atoms with E-state index in [1.54, 1.807) is 12.4 Å². The van der Waals surface area contributed by atoms with E-state index in [1.165, 1.54) is 0 Å². The molecule has 0 radical (unpaired) electrons. The Hall–Kier alpha value is -3.47. The van der Waals surface area contributed by atoms with Crippen molar-refractivity contribution in [1.82, 2.24) is 25.1 Å². The Labute approximate surface area is 139 Å². The second kappa shape index (κ2) is 6.34. The molecule has 0 aliphatic heterocycles. The van der Waals surface area contributed by atoms with Gasteiger partial charge in [-0.25, -0.2) is 4.98 Å². The fraction of sp³-hybridized carbons (Fsp3) is 0. The third-order valence-corrected chi connectivity index (χ3v) is 3.54. The van der Waals surface area contributed by atoms with Gasteiger partial charge in [0.05, 0.1) is 5.69 Å². The van der Waals surface area contributed by atoms with Crippen molar-refractivity contribution in [1.29, 1.82) is 0 Å². The van der Waals surface area contributed by atoms with E-state index in [2.05, 4.69) is 20.2 Å². The molecule has 0 spiro atoms. The Morgan fingerprint density at radius 3 is 1.88 bits per heavy atom. The first-order valence-corrected chi connectivity index (χ1v) is 7.55. The average molecular weight is 311 g/mol. The first-order chi connectivity index (χ1) is 11.9. The minimum atomic E-state index is 0.495. The lowest BCUT2D eigenvalue weighted by Crippen LogP contribution is -2.01. The van der Waals surface area contributed by atoms with Gasteiger partial charge in [-0.15, -0.1) is 10.2 Å². The zero-order chi connectivity index (χ0) is 16.2. The fourth-order valence-electron chi connectivity index (χ4n) is 2.40. The van der Waals surface area contributed by atoms with Crippen LogP contribution in [0.15, 0.2) is 79.1 Å². The molecule has 5 heteroatoms. The van der Waals surface area contributed by atoms with Gasteiger partial charge in [0.15, 0.2) is 0 Å². The Morgan fingerprint density at radius 2 is 1.21 bits per heavy atom. The van der Waals surface area contributed by atoms with Crippen LogP contribution in [0.3, 0.4) is 0 Å². The molecular weight excluding hydrogens is 298 g/mol. The van der Waals surface area contributed by atoms with E-state index >= 15 is 0 Å². The number of aromatic nitrogens is 5. The van der Waals surface area contributed by atoms with Crippen LogP contribution in [0.1, 0.15) is 0 Å². The number of pyridine rings is 2. The Morgan fingerprint density at radius 1 is 0.542 bits per heavy atom. The molecule has 4 aromatic rings. The van der Waals surface area contributed by atoms with Gasteiger partial charge in [-0.2, -0.15) is 0 Å². The number of hydrogen-bond donors (Lipinski definition) is 0. The van der Waals surface area contributed by atoms with Crippen LogP contribution in [0, 0.1) is 0 Å². The molecule has 0 amide bonds. The minimum absolute atomic E-state index is 0.495. The molecule has 3 heterocycles. The first kappa shape index (κ1) is 14.1. The lowest BCUT2D eigenvalue weighted by atomic mass is 10.1. The van der Waals surface area contributed by atoms with E-state index in [0.29, 0.717) is 17.2 Å². The summed E-state index contributed by atoms with van der Waals surface area (Å²) in [6.45, 7) is 0. The van der Waals surface area contributed by atoms with Crippen LogP contribution >= 0.6 is 0 Å². The van der Waals surface area contributed by atoms with Crippen LogP contribution in [0.2, 0.25) is 0 Å². The predicted molar refractivity (Wildman–Crippen MR) is 91.7 cm³/mol. The molecule has 0 saturated heterocycles. The summed E-state index contributed by atoms with van der Waals surface area (Å²) in [6, 6.07) is 21.2. The third-order valence-electron chi connectivity index (χ3n) is 3.54. The normalized spacial score (nSPS) is 10.5. The Bertz CT molecular complexity index is 941. The number of rotatable bonds is 3. The molecular formula is C19H13N5. The standard InChI is InChI=1S/C19H13N5/c1-2-8-14(9-3-1)17-18(15-10-4-6-12-20-15)23-24-19(22-17)16-11-5-7-13-21-16/h1-13H. The summed E-state index contributed by atoms with van der Waals surface area (Å²) in [5.41, 5.74) is 3.79. The van der Waals surface area contributed by atoms with Crippen LogP contribution in [0.25, 0.3) is 34.2 Å². The fourth-order valence-corrected chi connectivity index (χ4v) is 2.40. The van der Waals surface area contributed by atoms with E-state index in [9.17, 15) is 0 Å². The molecule has 0 bridgehead atoms. The monoisotopic (exact) mass is 311 g/mol. The molecule has 1 aromatic carbocycles. The number of hydrogen-bond acceptors (Lipinski definition) is 5. The van der Waals surface area contributed by atoms with Gasteiger partial charge in [0.2, 0.25) is 5.82 Å². The lowest BCUT2D eigenvalue weighted by molar-refractivity contribution is 0.975. The van der Waals surface area contributed by atoms with E-state index in [4.69, 9.17) is 4.98 Å². The average Bonchev–Trinajstić information content (AvgIpc) is 2.69. The van der Waals surface area contributed by atoms with Gasteiger partial charge in [-0.3, -0.25) is 9.97 Å². The summed E-state index contributed by atoms with van der Waals surface area (Å²) in [5.74, 6) is 0.495. The molecule has 0 atom stereocenters. The van der Waals surface area contributed by atoms with Gasteiger partial charge in [0, 0.05) is 18.0 Å². The van der Waals surface area contributed by atoms with Crippen molar-refractivity contribution in [2.24, 2.45) is 0 Å². The zero-order valence-corrected chi connectivity index (χ0v) is 12.7. The van der Waals surface area contributed by atoms with Crippen LogP contribution in [-0.2, 0) is 0 Å². The highest BCUT2D eigenvalue weighted by Gasteiger charge is 2.15. The molecule has 0 fully saturated rings. The van der Waals surface area contributed by atoms with Crippen molar-refractivity contribution in [3.63, 3.8) is 0 Å². The largest absolute Gasteiger partial charge is 0.254 e. The van der Waals surface area contributed by atoms with Crippen molar-refractivity contribution in [3.8, 4) is 34.2 Å². The third kappa shape index (κ3) is 2.75. The predicted octanol–water partition coefficient (Wildman–Crippen LogP) is 3.66. The second-order valence-electron chi connectivity index (χ2n) is 5.13. The van der Waals surface area contributed by atoms with Gasteiger partial charge >= 0.3 is 0 Å². The Kier molecular flexibility index (Phi) is 3.73. The summed E-state index contributed by atoms with van der Waals surface area (Å²) in [5, 5.41) is 8.63. The molecule has 0 saturated carbocycles. The molecule has 0 aliphatic carbocycles. The SMILES string of the molecule is c1ccc(-c2nc(-c3ccccn3)nnc2-c2ccccn2)cc1. The second-order valence-corrected chi connectivity index (χ2v) is 5.13. The molecule has 0 unspecified atom stereocenters. The zero-order valence-electron chi connectivity index (χ0n) is 12.7. The summed E-state index contributed by atoms with van der Waals surface area (Å²) >= 11 is 0. The van der Waals surface area contributed by atoms with E-state index in [0.717, 1.165) is 17.0 Å². The van der Waals surface area contributed by atoms with Crippen LogP contribution in [0.4, 0.5) is 0 Å². The van der Waals surface area contributed by atoms with Crippen molar-refractivity contribution < 1.29 is 0 Å². The maximum atomic E-state index is 4.71. The van der Waals surface area contributed by atoms with Gasteiger partial charge < -0.3 is 0 Å². The van der Waals surface area contributed by atoms with E-state index < -0.39 is 0 Å².